The molecule has 11 nitrogen and oxygen atoms in total. The summed E-state index contributed by atoms with van der Waals surface area (Å²) in [5.74, 6) is -1.73. The molecule has 3 aromatic carbocycles. The molecular formula is C39H37N5O6S2. The number of carbonyl (C=O) groups is 3. The van der Waals surface area contributed by atoms with Gasteiger partial charge in [0.25, 0.3) is 15.9 Å². The van der Waals surface area contributed by atoms with E-state index >= 15 is 0 Å². The Hall–Kier alpha value is -5.66. The number of nitrogens with zero attached hydrogens (tertiary/aromatic N) is 3. The van der Waals surface area contributed by atoms with Crippen molar-refractivity contribution >= 4 is 50.0 Å². The standard InChI is InChI=1S/C39H37N5O6S2/c1-24(38(47)48)42-36(45)31(43-37(46)33-16-17-34(51-33)39(2,3)4)20-25-10-12-26(13-11-25)35-40-22-29(23-41-35)27-14-15-32-28(21-27)18-19-44(32)52(49,50)30-8-6-5-7-9-30/h5-19,21-24,31H,20H2,1-4H3,(H,42,45)(H,43,46)(H,47,48)/t24-,31+/m1/s1. The van der Waals surface area contributed by atoms with Crippen LogP contribution < -0.4 is 10.6 Å². The molecule has 266 valence electrons. The molecule has 2 atom stereocenters. The summed E-state index contributed by atoms with van der Waals surface area (Å²) >= 11 is 1.35. The first-order valence-corrected chi connectivity index (χ1v) is 18.7. The minimum Gasteiger partial charge on any atom is -0.480 e. The number of aromatic nitrogens is 3. The zero-order valence-electron chi connectivity index (χ0n) is 28.9. The molecule has 0 spiro atoms. The number of carbonyl (C=O) groups excluding carboxylic acids is 2. The molecule has 0 saturated carbocycles. The number of amides is 2. The van der Waals surface area contributed by atoms with Gasteiger partial charge in [0.2, 0.25) is 5.91 Å². The molecule has 3 N–H and O–H groups in total. The molecule has 0 aliphatic carbocycles. The molecule has 0 aliphatic heterocycles. The molecule has 52 heavy (non-hydrogen) atoms. The van der Waals surface area contributed by atoms with Crippen molar-refractivity contribution < 1.29 is 27.9 Å². The first-order valence-electron chi connectivity index (χ1n) is 16.5. The summed E-state index contributed by atoms with van der Waals surface area (Å²) in [5.41, 5.74) is 3.46. The highest BCUT2D eigenvalue weighted by Gasteiger charge is 2.27. The van der Waals surface area contributed by atoms with Crippen LogP contribution in [0.3, 0.4) is 0 Å². The lowest BCUT2D eigenvalue weighted by atomic mass is 9.95. The molecular weight excluding hydrogens is 699 g/mol. The smallest absolute Gasteiger partial charge is 0.325 e. The number of thiophene rings is 1. The van der Waals surface area contributed by atoms with Crippen molar-refractivity contribution in [1.29, 1.82) is 0 Å². The van der Waals surface area contributed by atoms with Gasteiger partial charge in [0.05, 0.1) is 15.3 Å². The molecule has 0 bridgehead atoms. The van der Waals surface area contributed by atoms with E-state index in [0.29, 0.717) is 16.2 Å². The molecule has 6 aromatic rings. The summed E-state index contributed by atoms with van der Waals surface area (Å²) in [7, 11) is -3.75. The summed E-state index contributed by atoms with van der Waals surface area (Å²) < 4.78 is 27.7. The van der Waals surface area contributed by atoms with E-state index in [4.69, 9.17) is 0 Å². The predicted octanol–water partition coefficient (Wildman–Crippen LogP) is 6.29. The molecule has 2 amide bonds. The third-order valence-corrected chi connectivity index (χ3v) is 11.7. The fraction of sp³-hybridized carbons (Fsp3) is 0.205. The Morgan fingerprint density at radius 1 is 0.846 bits per heavy atom. The molecule has 0 fully saturated rings. The Kier molecular flexibility index (Phi) is 10.1. The Morgan fingerprint density at radius 2 is 1.52 bits per heavy atom. The van der Waals surface area contributed by atoms with Crippen molar-refractivity contribution in [2.45, 2.75) is 56.5 Å². The molecule has 0 aliphatic rings. The van der Waals surface area contributed by atoms with Crippen LogP contribution in [-0.2, 0) is 31.4 Å². The number of rotatable bonds is 11. The minimum atomic E-state index is -3.75. The van der Waals surface area contributed by atoms with Gasteiger partial charge in [-0.2, -0.15) is 0 Å². The van der Waals surface area contributed by atoms with Gasteiger partial charge in [-0.05, 0) is 65.9 Å². The second-order valence-electron chi connectivity index (χ2n) is 13.4. The van der Waals surface area contributed by atoms with E-state index < -0.39 is 39.9 Å². The van der Waals surface area contributed by atoms with Gasteiger partial charge < -0.3 is 15.7 Å². The van der Waals surface area contributed by atoms with Crippen LogP contribution in [0.4, 0.5) is 0 Å². The number of hydrogen-bond acceptors (Lipinski definition) is 8. The van der Waals surface area contributed by atoms with Crippen molar-refractivity contribution in [1.82, 2.24) is 24.6 Å². The number of hydrogen-bond donors (Lipinski definition) is 3. The topological polar surface area (TPSA) is 160 Å². The van der Waals surface area contributed by atoms with Crippen LogP contribution in [0.2, 0.25) is 0 Å². The van der Waals surface area contributed by atoms with Crippen LogP contribution in [0.1, 0.15) is 47.8 Å². The minimum absolute atomic E-state index is 0.123. The Bertz CT molecular complexity index is 2360. The molecule has 13 heteroatoms. The van der Waals surface area contributed by atoms with Crippen LogP contribution in [0.5, 0.6) is 0 Å². The largest absolute Gasteiger partial charge is 0.480 e. The third-order valence-electron chi connectivity index (χ3n) is 8.51. The Morgan fingerprint density at radius 3 is 2.15 bits per heavy atom. The van der Waals surface area contributed by atoms with Crippen molar-refractivity contribution in [3.63, 3.8) is 0 Å². The van der Waals surface area contributed by atoms with Gasteiger partial charge in [0.15, 0.2) is 5.82 Å². The summed E-state index contributed by atoms with van der Waals surface area (Å²) in [6.07, 6.45) is 5.07. The zero-order valence-corrected chi connectivity index (χ0v) is 30.5. The second-order valence-corrected chi connectivity index (χ2v) is 16.3. The maximum atomic E-state index is 13.2. The quantitative estimate of drug-likeness (QED) is 0.140. The van der Waals surface area contributed by atoms with Crippen molar-refractivity contribution in [3.8, 4) is 22.5 Å². The number of carboxylic acid groups (broad SMARTS) is 1. The summed E-state index contributed by atoms with van der Waals surface area (Å²) in [6.45, 7) is 7.52. The highest BCUT2D eigenvalue weighted by Crippen LogP contribution is 2.30. The molecule has 3 heterocycles. The van der Waals surface area contributed by atoms with Crippen molar-refractivity contribution in [3.05, 3.63) is 125 Å². The van der Waals surface area contributed by atoms with Gasteiger partial charge in [-0.25, -0.2) is 22.4 Å². The number of aliphatic carboxylic acids is 1. The van der Waals surface area contributed by atoms with Crippen molar-refractivity contribution in [2.24, 2.45) is 0 Å². The lowest BCUT2D eigenvalue weighted by molar-refractivity contribution is -0.141. The summed E-state index contributed by atoms with van der Waals surface area (Å²) in [5, 5.41) is 15.4. The van der Waals surface area contributed by atoms with E-state index in [1.54, 1.807) is 67.1 Å². The van der Waals surface area contributed by atoms with Crippen LogP contribution in [0.25, 0.3) is 33.4 Å². The van der Waals surface area contributed by atoms with Gasteiger partial charge in [-0.3, -0.25) is 14.4 Å². The van der Waals surface area contributed by atoms with Crippen LogP contribution in [0, 0.1) is 0 Å². The van der Waals surface area contributed by atoms with E-state index in [-0.39, 0.29) is 16.7 Å². The average Bonchev–Trinajstić information content (AvgIpc) is 3.81. The normalized spacial score (nSPS) is 13.0. The summed E-state index contributed by atoms with van der Waals surface area (Å²) in [6, 6.07) is 24.2. The van der Waals surface area contributed by atoms with E-state index in [2.05, 4.69) is 41.4 Å². The van der Waals surface area contributed by atoms with Gasteiger partial charge in [0, 0.05) is 46.4 Å². The zero-order chi connectivity index (χ0) is 37.2. The highest BCUT2D eigenvalue weighted by atomic mass is 32.2. The fourth-order valence-corrected chi connectivity index (χ4v) is 7.88. The third kappa shape index (κ3) is 7.80. The van der Waals surface area contributed by atoms with Crippen molar-refractivity contribution in [2.75, 3.05) is 0 Å². The summed E-state index contributed by atoms with van der Waals surface area (Å²) in [4.78, 5) is 48.6. The second kappa shape index (κ2) is 14.5. The predicted molar refractivity (Wildman–Crippen MR) is 201 cm³/mol. The van der Waals surface area contributed by atoms with Crippen LogP contribution in [0.15, 0.2) is 114 Å². The van der Waals surface area contributed by atoms with Gasteiger partial charge in [-0.15, -0.1) is 11.3 Å². The SMILES string of the molecule is C[C@@H](NC(=O)[C@H](Cc1ccc(-c2ncc(-c3ccc4c(ccn4S(=O)(=O)c4ccccc4)c3)cn2)cc1)NC(=O)c1ccc(C(C)(C)C)s1)C(=O)O. The average molecular weight is 736 g/mol. The molecule has 3 aromatic heterocycles. The van der Waals surface area contributed by atoms with Crippen LogP contribution in [-0.4, -0.2) is 57.3 Å². The molecule has 0 radical (unpaired) electrons. The Balaban J connectivity index is 1.17. The maximum Gasteiger partial charge on any atom is 0.325 e. The van der Waals surface area contributed by atoms with Gasteiger partial charge >= 0.3 is 5.97 Å². The molecule has 6 rings (SSSR count). The number of nitrogens with one attached hydrogen (secondary N) is 2. The highest BCUT2D eigenvalue weighted by molar-refractivity contribution is 7.90. The first-order chi connectivity index (χ1) is 24.7. The maximum absolute atomic E-state index is 13.2. The number of benzene rings is 3. The molecule has 0 unspecified atom stereocenters. The van der Waals surface area contributed by atoms with E-state index in [1.807, 2.05) is 42.5 Å². The monoisotopic (exact) mass is 735 g/mol. The Labute approximate surface area is 305 Å². The first kappa shape index (κ1) is 36.1. The fourth-order valence-electron chi connectivity index (χ4n) is 5.54. The van der Waals surface area contributed by atoms with E-state index in [1.165, 1.54) is 22.2 Å². The number of fused-ring (bicyclic) bond motifs is 1. The molecule has 0 saturated heterocycles. The van der Waals surface area contributed by atoms with Gasteiger partial charge in [-0.1, -0.05) is 69.3 Å². The van der Waals surface area contributed by atoms with E-state index in [9.17, 15) is 27.9 Å². The number of carboxylic acids is 1. The lowest BCUT2D eigenvalue weighted by Crippen LogP contribution is -2.51. The lowest BCUT2D eigenvalue weighted by Gasteiger charge is -2.20. The van der Waals surface area contributed by atoms with E-state index in [0.717, 1.165) is 32.5 Å². The van der Waals surface area contributed by atoms with Crippen LogP contribution >= 0.6 is 11.3 Å². The van der Waals surface area contributed by atoms with Gasteiger partial charge in [0.1, 0.15) is 12.1 Å².